The van der Waals surface area contributed by atoms with Crippen molar-refractivity contribution in [3.63, 3.8) is 0 Å². The van der Waals surface area contributed by atoms with Crippen molar-refractivity contribution in [1.82, 2.24) is 5.32 Å². The Hall–Kier alpha value is -1.95. The fourth-order valence-corrected chi connectivity index (χ4v) is 1.53. The minimum atomic E-state index is -0.692. The molecule has 0 bridgehead atoms. The van der Waals surface area contributed by atoms with Crippen LogP contribution in [0.3, 0.4) is 0 Å². The minimum absolute atomic E-state index is 0.270. The fourth-order valence-electron chi connectivity index (χ4n) is 1.39. The normalized spacial score (nSPS) is 11.5. The maximum Gasteiger partial charge on any atom is 0.328 e. The highest BCUT2D eigenvalue weighted by Gasteiger charge is 2.17. The number of hydrogen-bond acceptors (Lipinski definition) is 4. The van der Waals surface area contributed by atoms with Crippen molar-refractivity contribution in [3.8, 4) is 0 Å². The smallest absolute Gasteiger partial charge is 0.328 e. The van der Waals surface area contributed by atoms with Crippen molar-refractivity contribution >= 4 is 29.1 Å². The van der Waals surface area contributed by atoms with Crippen LogP contribution in [0.25, 0.3) is 0 Å². The molecule has 0 aliphatic carbocycles. The molecular weight excluding hydrogens is 264 g/mol. The van der Waals surface area contributed by atoms with Crippen LogP contribution < -0.4 is 11.1 Å². The summed E-state index contributed by atoms with van der Waals surface area (Å²) in [5, 5.41) is 2.55. The van der Waals surface area contributed by atoms with Gasteiger partial charge in [0.2, 0.25) is 0 Å². The maximum absolute atomic E-state index is 11.9. The van der Waals surface area contributed by atoms with E-state index in [1.54, 1.807) is 38.1 Å². The first kappa shape index (κ1) is 15.1. The highest BCUT2D eigenvalue weighted by atomic mass is 32.1. The minimum Gasteiger partial charge on any atom is -0.464 e. The Morgan fingerprint density at radius 1 is 1.32 bits per heavy atom. The van der Waals surface area contributed by atoms with Crippen molar-refractivity contribution in [1.29, 1.82) is 0 Å². The third kappa shape index (κ3) is 4.33. The summed E-state index contributed by atoms with van der Waals surface area (Å²) in [6, 6.07) is 5.82. The monoisotopic (exact) mass is 280 g/mol. The number of carbonyl (C=O) groups is 2. The second kappa shape index (κ2) is 6.84. The van der Waals surface area contributed by atoms with Crippen LogP contribution in [0, 0.1) is 0 Å². The first-order valence-electron chi connectivity index (χ1n) is 5.83. The maximum atomic E-state index is 11.9. The number of esters is 1. The molecule has 0 fully saturated rings. The molecule has 1 atom stereocenters. The zero-order chi connectivity index (χ0) is 14.4. The topological polar surface area (TPSA) is 81.4 Å². The zero-order valence-electron chi connectivity index (χ0n) is 10.8. The van der Waals surface area contributed by atoms with Gasteiger partial charge in [-0.3, -0.25) is 4.79 Å². The van der Waals surface area contributed by atoms with E-state index in [1.165, 1.54) is 0 Å². The lowest BCUT2D eigenvalue weighted by Gasteiger charge is -2.12. The number of ether oxygens (including phenoxy) is 1. The second-order valence-electron chi connectivity index (χ2n) is 3.89. The van der Waals surface area contributed by atoms with Gasteiger partial charge in [-0.05, 0) is 26.0 Å². The Morgan fingerprint density at radius 3 is 2.32 bits per heavy atom. The van der Waals surface area contributed by atoms with Gasteiger partial charge in [0.1, 0.15) is 11.0 Å². The summed E-state index contributed by atoms with van der Waals surface area (Å²) in [4.78, 5) is 23.5. The van der Waals surface area contributed by atoms with Gasteiger partial charge in [0.25, 0.3) is 5.91 Å². The second-order valence-corrected chi connectivity index (χ2v) is 4.33. The molecule has 6 heteroatoms. The van der Waals surface area contributed by atoms with E-state index in [2.05, 4.69) is 5.32 Å². The van der Waals surface area contributed by atoms with Crippen LogP contribution >= 0.6 is 12.2 Å². The summed E-state index contributed by atoms with van der Waals surface area (Å²) in [5.74, 6) is -0.814. The largest absolute Gasteiger partial charge is 0.464 e. The van der Waals surface area contributed by atoms with Crippen LogP contribution in [0.15, 0.2) is 24.3 Å². The molecule has 0 aromatic heterocycles. The van der Waals surface area contributed by atoms with Crippen LogP contribution in [0.5, 0.6) is 0 Å². The van der Waals surface area contributed by atoms with E-state index >= 15 is 0 Å². The van der Waals surface area contributed by atoms with Gasteiger partial charge >= 0.3 is 5.97 Å². The van der Waals surface area contributed by atoms with E-state index in [-0.39, 0.29) is 17.5 Å². The lowest BCUT2D eigenvalue weighted by Crippen LogP contribution is -2.39. The Balaban J connectivity index is 2.68. The van der Waals surface area contributed by atoms with Gasteiger partial charge in [-0.25, -0.2) is 4.79 Å². The third-order valence-electron chi connectivity index (χ3n) is 2.42. The summed E-state index contributed by atoms with van der Waals surface area (Å²) in [7, 11) is 0. The van der Waals surface area contributed by atoms with E-state index in [9.17, 15) is 9.59 Å². The molecule has 0 aliphatic heterocycles. The average molecular weight is 280 g/mol. The Labute approximate surface area is 117 Å². The molecule has 0 radical (unpaired) electrons. The quantitative estimate of drug-likeness (QED) is 0.621. The molecule has 1 rings (SSSR count). The predicted octanol–water partition coefficient (Wildman–Crippen LogP) is 1.00. The molecule has 19 heavy (non-hydrogen) atoms. The van der Waals surface area contributed by atoms with E-state index in [1.807, 2.05) is 0 Å². The average Bonchev–Trinajstić information content (AvgIpc) is 2.38. The molecule has 1 amide bonds. The molecule has 1 aromatic rings. The molecule has 1 aromatic carbocycles. The molecule has 1 unspecified atom stereocenters. The number of nitrogens with one attached hydrogen (secondary N) is 1. The van der Waals surface area contributed by atoms with E-state index in [0.717, 1.165) is 0 Å². The lowest BCUT2D eigenvalue weighted by atomic mass is 10.1. The van der Waals surface area contributed by atoms with Crippen molar-refractivity contribution in [2.75, 3.05) is 6.61 Å². The van der Waals surface area contributed by atoms with Crippen molar-refractivity contribution in [2.45, 2.75) is 19.9 Å². The highest BCUT2D eigenvalue weighted by molar-refractivity contribution is 7.80. The van der Waals surface area contributed by atoms with Crippen LogP contribution in [0.2, 0.25) is 0 Å². The summed E-state index contributed by atoms with van der Waals surface area (Å²) in [5.41, 5.74) is 6.58. The van der Waals surface area contributed by atoms with E-state index in [4.69, 9.17) is 22.7 Å². The number of benzene rings is 1. The molecule has 5 nitrogen and oxygen atoms in total. The van der Waals surface area contributed by atoms with Gasteiger partial charge in [0, 0.05) is 11.1 Å². The summed E-state index contributed by atoms with van der Waals surface area (Å²) in [6.07, 6.45) is 0. The molecule has 102 valence electrons. The van der Waals surface area contributed by atoms with Crippen LogP contribution in [-0.2, 0) is 9.53 Å². The van der Waals surface area contributed by atoms with Gasteiger partial charge in [0.15, 0.2) is 0 Å². The Kier molecular flexibility index (Phi) is 5.44. The number of nitrogens with two attached hydrogens (primary N) is 1. The van der Waals surface area contributed by atoms with E-state index in [0.29, 0.717) is 11.1 Å². The number of thiocarbonyl (C=S) groups is 1. The molecular formula is C13H16N2O3S. The Morgan fingerprint density at radius 2 is 1.84 bits per heavy atom. The van der Waals surface area contributed by atoms with Gasteiger partial charge in [0.05, 0.1) is 6.61 Å². The van der Waals surface area contributed by atoms with Crippen LogP contribution in [-0.4, -0.2) is 29.5 Å². The third-order valence-corrected chi connectivity index (χ3v) is 2.66. The van der Waals surface area contributed by atoms with Crippen molar-refractivity contribution < 1.29 is 14.3 Å². The van der Waals surface area contributed by atoms with Gasteiger partial charge in [-0.2, -0.15) is 0 Å². The number of hydrogen-bond donors (Lipinski definition) is 2. The van der Waals surface area contributed by atoms with Gasteiger partial charge < -0.3 is 15.8 Å². The predicted molar refractivity (Wildman–Crippen MR) is 75.9 cm³/mol. The van der Waals surface area contributed by atoms with Crippen LogP contribution in [0.4, 0.5) is 0 Å². The summed E-state index contributed by atoms with van der Waals surface area (Å²) in [6.45, 7) is 3.56. The number of carbonyl (C=O) groups excluding carboxylic acids is 2. The molecule has 0 saturated carbocycles. The molecule has 0 heterocycles. The highest BCUT2D eigenvalue weighted by Crippen LogP contribution is 2.05. The molecule has 3 N–H and O–H groups in total. The number of rotatable bonds is 5. The van der Waals surface area contributed by atoms with Crippen LogP contribution in [0.1, 0.15) is 29.8 Å². The molecule has 0 aliphatic rings. The molecule has 0 spiro atoms. The summed E-state index contributed by atoms with van der Waals surface area (Å²) < 4.78 is 4.80. The standard InChI is InChI=1S/C13H16N2O3S/c1-3-18-13(17)8(2)15-12(16)10-6-4-9(5-7-10)11(14)19/h4-8H,3H2,1-2H3,(H2,14,19)(H,15,16). The van der Waals surface area contributed by atoms with Gasteiger partial charge in [-0.15, -0.1) is 0 Å². The first-order chi connectivity index (χ1) is 8.95. The molecule has 0 saturated heterocycles. The van der Waals surface area contributed by atoms with E-state index < -0.39 is 12.0 Å². The van der Waals surface area contributed by atoms with Crippen molar-refractivity contribution in [3.05, 3.63) is 35.4 Å². The fraction of sp³-hybridized carbons (Fsp3) is 0.308. The SMILES string of the molecule is CCOC(=O)C(C)NC(=O)c1ccc(C(N)=S)cc1. The van der Waals surface area contributed by atoms with Gasteiger partial charge in [-0.1, -0.05) is 24.4 Å². The number of amides is 1. The van der Waals surface area contributed by atoms with Crippen molar-refractivity contribution in [2.24, 2.45) is 5.73 Å². The Bertz CT molecular complexity index is 485. The zero-order valence-corrected chi connectivity index (χ0v) is 11.6. The summed E-state index contributed by atoms with van der Waals surface area (Å²) >= 11 is 4.82. The first-order valence-corrected chi connectivity index (χ1v) is 6.24. The lowest BCUT2D eigenvalue weighted by molar-refractivity contribution is -0.144.